The maximum atomic E-state index is 11.9. The number of anilines is 1. The molecule has 90 valence electrons. The Balaban J connectivity index is 2.61. The number of hydrogen-bond donors (Lipinski definition) is 1. The Kier molecular flexibility index (Phi) is 4.34. The van der Waals surface area contributed by atoms with Crippen molar-refractivity contribution in [2.24, 2.45) is 0 Å². The number of alkyl halides is 3. The zero-order valence-electron chi connectivity index (χ0n) is 8.31. The highest BCUT2D eigenvalue weighted by Crippen LogP contribution is 2.28. The van der Waals surface area contributed by atoms with E-state index in [9.17, 15) is 13.2 Å². The Bertz CT molecular complexity index is 359. The third kappa shape index (κ3) is 3.84. The maximum absolute atomic E-state index is 11.9. The molecule has 0 atom stereocenters. The van der Waals surface area contributed by atoms with Crippen LogP contribution in [0.25, 0.3) is 0 Å². The second-order valence-corrected chi connectivity index (χ2v) is 3.60. The predicted molar refractivity (Wildman–Crippen MR) is 55.4 cm³/mol. The standard InChI is InChI=1S/C8H9BrF3N3O/c1-13-6-5(9)7(15-4-14-6)16-3-2-8(10,11)12/h4H,2-3H2,1H3,(H,13,14,15). The molecule has 0 aliphatic rings. The molecule has 0 saturated carbocycles. The molecule has 0 fully saturated rings. The van der Waals surface area contributed by atoms with Crippen LogP contribution < -0.4 is 10.1 Å². The summed E-state index contributed by atoms with van der Waals surface area (Å²) in [6, 6.07) is 0. The molecule has 0 unspecified atom stereocenters. The van der Waals surface area contributed by atoms with Crippen molar-refractivity contribution in [2.75, 3.05) is 19.0 Å². The molecule has 1 aromatic rings. The first-order valence-electron chi connectivity index (χ1n) is 4.32. The Morgan fingerprint density at radius 1 is 1.44 bits per heavy atom. The molecular weight excluding hydrogens is 291 g/mol. The Labute approximate surface area is 98.4 Å². The monoisotopic (exact) mass is 299 g/mol. The Morgan fingerprint density at radius 2 is 2.12 bits per heavy atom. The summed E-state index contributed by atoms with van der Waals surface area (Å²) < 4.78 is 40.9. The van der Waals surface area contributed by atoms with E-state index in [1.54, 1.807) is 7.05 Å². The first kappa shape index (κ1) is 13.0. The average molecular weight is 300 g/mol. The summed E-state index contributed by atoms with van der Waals surface area (Å²) >= 11 is 3.13. The van der Waals surface area contributed by atoms with E-state index in [-0.39, 0.29) is 5.88 Å². The van der Waals surface area contributed by atoms with Crippen LogP contribution >= 0.6 is 15.9 Å². The summed E-state index contributed by atoms with van der Waals surface area (Å²) in [7, 11) is 1.63. The highest BCUT2D eigenvalue weighted by atomic mass is 79.9. The van der Waals surface area contributed by atoms with Crippen molar-refractivity contribution < 1.29 is 17.9 Å². The molecule has 4 nitrogen and oxygen atoms in total. The summed E-state index contributed by atoms with van der Waals surface area (Å²) in [6.07, 6.45) is -4.04. The quantitative estimate of drug-likeness (QED) is 0.928. The normalized spacial score (nSPS) is 11.3. The summed E-state index contributed by atoms with van der Waals surface area (Å²) in [6.45, 7) is -0.470. The highest BCUT2D eigenvalue weighted by Gasteiger charge is 2.27. The lowest BCUT2D eigenvalue weighted by molar-refractivity contribution is -0.139. The second kappa shape index (κ2) is 5.33. The molecule has 0 radical (unpaired) electrons. The lowest BCUT2D eigenvalue weighted by Gasteiger charge is -2.10. The van der Waals surface area contributed by atoms with E-state index >= 15 is 0 Å². The number of nitrogens with zero attached hydrogens (tertiary/aromatic N) is 2. The number of hydrogen-bond acceptors (Lipinski definition) is 4. The van der Waals surface area contributed by atoms with Crippen LogP contribution in [-0.2, 0) is 0 Å². The van der Waals surface area contributed by atoms with Crippen molar-refractivity contribution >= 4 is 21.7 Å². The largest absolute Gasteiger partial charge is 0.476 e. The van der Waals surface area contributed by atoms with Gasteiger partial charge in [-0.05, 0) is 15.9 Å². The van der Waals surface area contributed by atoms with Crippen LogP contribution in [0.4, 0.5) is 19.0 Å². The zero-order valence-corrected chi connectivity index (χ0v) is 9.89. The van der Waals surface area contributed by atoms with E-state index in [0.29, 0.717) is 10.3 Å². The van der Waals surface area contributed by atoms with Gasteiger partial charge in [0.05, 0.1) is 13.0 Å². The fraction of sp³-hybridized carbons (Fsp3) is 0.500. The smallest absolute Gasteiger partial charge is 0.392 e. The van der Waals surface area contributed by atoms with Gasteiger partial charge in [-0.25, -0.2) is 9.97 Å². The number of aromatic nitrogens is 2. The van der Waals surface area contributed by atoms with E-state index in [1.807, 2.05) is 0 Å². The molecule has 0 aliphatic heterocycles. The van der Waals surface area contributed by atoms with Crippen LogP contribution in [0.2, 0.25) is 0 Å². The zero-order chi connectivity index (χ0) is 12.2. The first-order valence-corrected chi connectivity index (χ1v) is 5.11. The minimum Gasteiger partial charge on any atom is -0.476 e. The van der Waals surface area contributed by atoms with Gasteiger partial charge in [-0.2, -0.15) is 13.2 Å². The molecule has 1 rings (SSSR count). The van der Waals surface area contributed by atoms with Gasteiger partial charge in [0.1, 0.15) is 16.6 Å². The number of rotatable bonds is 4. The van der Waals surface area contributed by atoms with Gasteiger partial charge in [0.15, 0.2) is 0 Å². The Morgan fingerprint density at radius 3 is 2.69 bits per heavy atom. The van der Waals surface area contributed by atoms with Gasteiger partial charge < -0.3 is 10.1 Å². The van der Waals surface area contributed by atoms with Gasteiger partial charge in [0, 0.05) is 7.05 Å². The minimum atomic E-state index is -4.23. The number of ether oxygens (including phenoxy) is 1. The third-order valence-corrected chi connectivity index (χ3v) is 2.33. The van der Waals surface area contributed by atoms with E-state index in [0.717, 1.165) is 0 Å². The molecule has 0 spiro atoms. The molecule has 16 heavy (non-hydrogen) atoms. The molecule has 0 amide bonds. The van der Waals surface area contributed by atoms with E-state index in [2.05, 4.69) is 31.2 Å². The molecule has 1 N–H and O–H groups in total. The maximum Gasteiger partial charge on any atom is 0.392 e. The average Bonchev–Trinajstić information content (AvgIpc) is 2.19. The Hall–Kier alpha value is -1.05. The minimum absolute atomic E-state index is 0.0867. The van der Waals surface area contributed by atoms with Crippen molar-refractivity contribution in [1.29, 1.82) is 0 Å². The fourth-order valence-corrected chi connectivity index (χ4v) is 1.41. The molecule has 0 saturated heterocycles. The van der Waals surface area contributed by atoms with Crippen LogP contribution in [0.5, 0.6) is 5.88 Å². The third-order valence-electron chi connectivity index (χ3n) is 1.62. The van der Waals surface area contributed by atoms with Crippen LogP contribution in [0.15, 0.2) is 10.8 Å². The summed E-state index contributed by atoms with van der Waals surface area (Å²) in [5, 5.41) is 2.74. The lowest BCUT2D eigenvalue weighted by Crippen LogP contribution is -2.13. The molecule has 0 aliphatic carbocycles. The van der Waals surface area contributed by atoms with Gasteiger partial charge in [-0.3, -0.25) is 0 Å². The van der Waals surface area contributed by atoms with E-state index in [1.165, 1.54) is 6.33 Å². The molecule has 0 bridgehead atoms. The van der Waals surface area contributed by atoms with Gasteiger partial charge in [-0.1, -0.05) is 0 Å². The van der Waals surface area contributed by atoms with E-state index in [4.69, 9.17) is 4.74 Å². The van der Waals surface area contributed by atoms with Gasteiger partial charge in [0.25, 0.3) is 0 Å². The molecular formula is C8H9BrF3N3O. The van der Waals surface area contributed by atoms with Crippen LogP contribution in [0.1, 0.15) is 6.42 Å². The summed E-state index contributed by atoms with van der Waals surface area (Å²) in [5.41, 5.74) is 0. The number of nitrogens with one attached hydrogen (secondary N) is 1. The molecule has 1 aromatic heterocycles. The lowest BCUT2D eigenvalue weighted by atomic mass is 10.4. The topological polar surface area (TPSA) is 47.0 Å². The molecule has 0 aromatic carbocycles. The second-order valence-electron chi connectivity index (χ2n) is 2.81. The SMILES string of the molecule is CNc1ncnc(OCCC(F)(F)F)c1Br. The molecule has 8 heteroatoms. The van der Waals surface area contributed by atoms with Crippen LogP contribution in [0, 0.1) is 0 Å². The van der Waals surface area contributed by atoms with Crippen molar-refractivity contribution in [1.82, 2.24) is 9.97 Å². The van der Waals surface area contributed by atoms with E-state index < -0.39 is 19.2 Å². The predicted octanol–water partition coefficient (Wildman–Crippen LogP) is 2.61. The van der Waals surface area contributed by atoms with Crippen LogP contribution in [-0.4, -0.2) is 29.8 Å². The number of halogens is 4. The van der Waals surface area contributed by atoms with Crippen molar-refractivity contribution in [2.45, 2.75) is 12.6 Å². The van der Waals surface area contributed by atoms with Gasteiger partial charge in [-0.15, -0.1) is 0 Å². The van der Waals surface area contributed by atoms with Gasteiger partial charge in [0.2, 0.25) is 5.88 Å². The van der Waals surface area contributed by atoms with Gasteiger partial charge >= 0.3 is 6.18 Å². The summed E-state index contributed by atoms with van der Waals surface area (Å²) in [5.74, 6) is 0.542. The first-order chi connectivity index (χ1) is 7.44. The highest BCUT2D eigenvalue weighted by molar-refractivity contribution is 9.10. The van der Waals surface area contributed by atoms with Crippen molar-refractivity contribution in [3.05, 3.63) is 10.8 Å². The fourth-order valence-electron chi connectivity index (χ4n) is 0.892. The summed E-state index contributed by atoms with van der Waals surface area (Å²) in [4.78, 5) is 7.56. The van der Waals surface area contributed by atoms with Crippen molar-refractivity contribution in [3.8, 4) is 5.88 Å². The molecule has 1 heterocycles. The van der Waals surface area contributed by atoms with Crippen LogP contribution in [0.3, 0.4) is 0 Å². The van der Waals surface area contributed by atoms with Crippen molar-refractivity contribution in [3.63, 3.8) is 0 Å².